The third kappa shape index (κ3) is 4.75. The number of hydrogen-bond donors (Lipinski definition) is 1. The maximum atomic E-state index is 14.5. The molecule has 1 aromatic carbocycles. The van der Waals surface area contributed by atoms with E-state index < -0.39 is 5.82 Å². The standard InChI is InChI=1S/C23H20FN5O/c1-2-17-13-22(29-23(28-17)20-7-3-4-11-26-20)27-14-16-8-9-21(19(24)12-16)30-18-6-5-10-25-15-18/h3-13,15H,2,14H2,1H3,(H,27,28,29). The van der Waals surface area contributed by atoms with Crippen LogP contribution in [0.4, 0.5) is 10.2 Å². The summed E-state index contributed by atoms with van der Waals surface area (Å²) >= 11 is 0. The molecule has 0 saturated carbocycles. The van der Waals surface area contributed by atoms with E-state index in [1.807, 2.05) is 37.3 Å². The van der Waals surface area contributed by atoms with Gasteiger partial charge in [0, 0.05) is 30.7 Å². The van der Waals surface area contributed by atoms with Gasteiger partial charge in [-0.2, -0.15) is 0 Å². The van der Waals surface area contributed by atoms with Crippen molar-refractivity contribution in [3.05, 3.63) is 90.3 Å². The fraction of sp³-hybridized carbons (Fsp3) is 0.130. The number of nitrogens with one attached hydrogen (secondary N) is 1. The van der Waals surface area contributed by atoms with E-state index in [9.17, 15) is 4.39 Å². The van der Waals surface area contributed by atoms with Crippen LogP contribution in [0, 0.1) is 5.82 Å². The predicted octanol–water partition coefficient (Wildman–Crippen LogP) is 5.04. The quantitative estimate of drug-likeness (QED) is 0.468. The smallest absolute Gasteiger partial charge is 0.180 e. The minimum absolute atomic E-state index is 0.152. The number of aromatic nitrogens is 4. The van der Waals surface area contributed by atoms with E-state index in [1.165, 1.54) is 12.3 Å². The normalized spacial score (nSPS) is 10.6. The Balaban J connectivity index is 1.48. The second kappa shape index (κ2) is 9.09. The summed E-state index contributed by atoms with van der Waals surface area (Å²) in [6.07, 6.45) is 5.65. The number of ether oxygens (including phenoxy) is 1. The molecular formula is C23H20FN5O. The summed E-state index contributed by atoms with van der Waals surface area (Å²) in [6, 6.07) is 15.8. The number of rotatable bonds is 7. The van der Waals surface area contributed by atoms with Gasteiger partial charge in [0.1, 0.15) is 17.3 Å². The molecule has 6 nitrogen and oxygen atoms in total. The first-order valence-corrected chi connectivity index (χ1v) is 9.61. The zero-order valence-corrected chi connectivity index (χ0v) is 16.4. The Morgan fingerprint density at radius 3 is 2.67 bits per heavy atom. The number of halogens is 1. The van der Waals surface area contributed by atoms with Crippen LogP contribution < -0.4 is 10.1 Å². The minimum Gasteiger partial charge on any atom is -0.453 e. The fourth-order valence-electron chi connectivity index (χ4n) is 2.84. The summed E-state index contributed by atoms with van der Waals surface area (Å²) in [6.45, 7) is 2.44. The molecule has 0 saturated heterocycles. The van der Waals surface area contributed by atoms with Crippen molar-refractivity contribution in [2.45, 2.75) is 19.9 Å². The molecule has 0 bridgehead atoms. The molecule has 150 valence electrons. The second-order valence-corrected chi connectivity index (χ2v) is 6.55. The number of hydrogen-bond acceptors (Lipinski definition) is 6. The molecule has 0 aliphatic rings. The zero-order chi connectivity index (χ0) is 20.8. The monoisotopic (exact) mass is 401 g/mol. The van der Waals surface area contributed by atoms with Crippen molar-refractivity contribution in [1.82, 2.24) is 19.9 Å². The molecular weight excluding hydrogens is 381 g/mol. The molecule has 3 heterocycles. The summed E-state index contributed by atoms with van der Waals surface area (Å²) in [5.74, 6) is 1.42. The average Bonchev–Trinajstić information content (AvgIpc) is 2.80. The van der Waals surface area contributed by atoms with Gasteiger partial charge in [-0.25, -0.2) is 14.4 Å². The van der Waals surface area contributed by atoms with Gasteiger partial charge < -0.3 is 10.1 Å². The van der Waals surface area contributed by atoms with Gasteiger partial charge in [0.2, 0.25) is 0 Å². The highest BCUT2D eigenvalue weighted by Gasteiger charge is 2.09. The summed E-state index contributed by atoms with van der Waals surface area (Å²) in [4.78, 5) is 17.4. The summed E-state index contributed by atoms with van der Waals surface area (Å²) in [5.41, 5.74) is 2.38. The predicted molar refractivity (Wildman–Crippen MR) is 113 cm³/mol. The first-order valence-electron chi connectivity index (χ1n) is 9.61. The van der Waals surface area contributed by atoms with Crippen LogP contribution in [-0.2, 0) is 13.0 Å². The molecule has 4 rings (SSSR count). The third-order valence-corrected chi connectivity index (χ3v) is 4.37. The molecule has 0 spiro atoms. The number of nitrogens with zero attached hydrogens (tertiary/aromatic N) is 4. The largest absolute Gasteiger partial charge is 0.453 e. The van der Waals surface area contributed by atoms with Crippen LogP contribution in [0.5, 0.6) is 11.5 Å². The van der Waals surface area contributed by atoms with Crippen molar-refractivity contribution in [3.8, 4) is 23.0 Å². The number of anilines is 1. The van der Waals surface area contributed by atoms with Crippen molar-refractivity contribution in [2.24, 2.45) is 0 Å². The number of pyridine rings is 2. The van der Waals surface area contributed by atoms with Crippen LogP contribution in [-0.4, -0.2) is 19.9 Å². The average molecular weight is 401 g/mol. The topological polar surface area (TPSA) is 72.8 Å². The van der Waals surface area contributed by atoms with Crippen molar-refractivity contribution in [1.29, 1.82) is 0 Å². The number of benzene rings is 1. The van der Waals surface area contributed by atoms with Gasteiger partial charge in [-0.05, 0) is 48.4 Å². The Morgan fingerprint density at radius 2 is 1.93 bits per heavy atom. The first kappa shape index (κ1) is 19.4. The van der Waals surface area contributed by atoms with Gasteiger partial charge in [-0.3, -0.25) is 9.97 Å². The maximum Gasteiger partial charge on any atom is 0.180 e. The lowest BCUT2D eigenvalue weighted by Crippen LogP contribution is -2.05. The van der Waals surface area contributed by atoms with E-state index >= 15 is 0 Å². The Hall–Kier alpha value is -3.87. The SMILES string of the molecule is CCc1cc(NCc2ccc(Oc3cccnc3)c(F)c2)nc(-c2ccccn2)n1. The van der Waals surface area contributed by atoms with E-state index in [2.05, 4.69) is 25.3 Å². The van der Waals surface area contributed by atoms with E-state index in [-0.39, 0.29) is 5.75 Å². The molecule has 0 atom stereocenters. The van der Waals surface area contributed by atoms with E-state index in [0.29, 0.717) is 29.6 Å². The molecule has 0 radical (unpaired) electrons. The van der Waals surface area contributed by atoms with Crippen molar-refractivity contribution < 1.29 is 9.13 Å². The van der Waals surface area contributed by atoms with Crippen molar-refractivity contribution in [3.63, 3.8) is 0 Å². The Labute approximate surface area is 173 Å². The first-order chi connectivity index (χ1) is 14.7. The van der Waals surface area contributed by atoms with Gasteiger partial charge in [-0.1, -0.05) is 19.1 Å². The van der Waals surface area contributed by atoms with Crippen LogP contribution in [0.25, 0.3) is 11.5 Å². The molecule has 0 amide bonds. The molecule has 4 aromatic rings. The third-order valence-electron chi connectivity index (χ3n) is 4.37. The van der Waals surface area contributed by atoms with E-state index in [4.69, 9.17) is 4.74 Å². The molecule has 30 heavy (non-hydrogen) atoms. The fourth-order valence-corrected chi connectivity index (χ4v) is 2.84. The summed E-state index contributed by atoms with van der Waals surface area (Å²) in [5, 5.41) is 3.25. The number of aryl methyl sites for hydroxylation is 1. The molecule has 0 aliphatic heterocycles. The summed E-state index contributed by atoms with van der Waals surface area (Å²) < 4.78 is 20.0. The lowest BCUT2D eigenvalue weighted by Gasteiger charge is -2.11. The van der Waals surface area contributed by atoms with Crippen LogP contribution >= 0.6 is 0 Å². The van der Waals surface area contributed by atoms with Gasteiger partial charge in [0.05, 0.1) is 6.20 Å². The van der Waals surface area contributed by atoms with Crippen LogP contribution in [0.15, 0.2) is 73.2 Å². The highest BCUT2D eigenvalue weighted by molar-refractivity contribution is 5.53. The van der Waals surface area contributed by atoms with Gasteiger partial charge in [0.15, 0.2) is 17.4 Å². The van der Waals surface area contributed by atoms with Gasteiger partial charge in [-0.15, -0.1) is 0 Å². The Kier molecular flexibility index (Phi) is 5.89. The molecule has 0 unspecified atom stereocenters. The lowest BCUT2D eigenvalue weighted by molar-refractivity contribution is 0.440. The molecule has 1 N–H and O–H groups in total. The summed E-state index contributed by atoms with van der Waals surface area (Å²) in [7, 11) is 0. The molecule has 0 aliphatic carbocycles. The van der Waals surface area contributed by atoms with Gasteiger partial charge >= 0.3 is 0 Å². The van der Waals surface area contributed by atoms with Gasteiger partial charge in [0.25, 0.3) is 0 Å². The maximum absolute atomic E-state index is 14.5. The molecule has 0 fully saturated rings. The minimum atomic E-state index is -0.440. The molecule has 7 heteroatoms. The lowest BCUT2D eigenvalue weighted by atomic mass is 10.2. The highest BCUT2D eigenvalue weighted by atomic mass is 19.1. The van der Waals surface area contributed by atoms with Crippen molar-refractivity contribution >= 4 is 5.82 Å². The van der Waals surface area contributed by atoms with E-state index in [0.717, 1.165) is 17.7 Å². The van der Waals surface area contributed by atoms with Crippen LogP contribution in [0.3, 0.4) is 0 Å². The van der Waals surface area contributed by atoms with Crippen LogP contribution in [0.2, 0.25) is 0 Å². The highest BCUT2D eigenvalue weighted by Crippen LogP contribution is 2.25. The molecule has 3 aromatic heterocycles. The Bertz CT molecular complexity index is 1120. The van der Waals surface area contributed by atoms with E-state index in [1.54, 1.807) is 30.6 Å². The zero-order valence-electron chi connectivity index (χ0n) is 16.4. The Morgan fingerprint density at radius 1 is 1.00 bits per heavy atom. The second-order valence-electron chi connectivity index (χ2n) is 6.55. The van der Waals surface area contributed by atoms with Crippen molar-refractivity contribution in [2.75, 3.05) is 5.32 Å². The van der Waals surface area contributed by atoms with Crippen LogP contribution in [0.1, 0.15) is 18.2 Å².